The molecule has 0 heterocycles. The molecule has 0 aliphatic heterocycles. The van der Waals surface area contributed by atoms with E-state index in [0.29, 0.717) is 6.54 Å². The van der Waals surface area contributed by atoms with Crippen LogP contribution in [0.4, 0.5) is 0 Å². The van der Waals surface area contributed by atoms with Crippen molar-refractivity contribution in [1.82, 2.24) is 4.90 Å². The van der Waals surface area contributed by atoms with E-state index in [1.165, 1.54) is 0 Å². The Bertz CT molecular complexity index is 330. The quantitative estimate of drug-likeness (QED) is 0.248. The minimum atomic E-state index is -4.88. The molecule has 11 heteroatoms. The Labute approximate surface area is 118 Å². The Kier molecular flexibility index (Phi) is 9.33. The lowest BCUT2D eigenvalue weighted by molar-refractivity contribution is -0.0416. The predicted molar refractivity (Wildman–Crippen MR) is 71.7 cm³/mol. The molecule has 20 heavy (non-hydrogen) atoms. The predicted octanol–water partition coefficient (Wildman–Crippen LogP) is 1.04. The minimum absolute atomic E-state index is 0.0706. The summed E-state index contributed by atoms with van der Waals surface area (Å²) in [4.78, 5) is 36.5. The van der Waals surface area contributed by atoms with E-state index in [1.807, 2.05) is 4.90 Å². The molecule has 0 aromatic heterocycles. The second-order valence-electron chi connectivity index (χ2n) is 4.42. The first-order valence-electron chi connectivity index (χ1n) is 6.20. The van der Waals surface area contributed by atoms with E-state index in [1.54, 1.807) is 7.05 Å². The van der Waals surface area contributed by atoms with Crippen molar-refractivity contribution in [2.75, 3.05) is 20.1 Å². The first kappa shape index (κ1) is 20.2. The molecule has 0 bridgehead atoms. The molecule has 0 aromatic carbocycles. The third-order valence-electron chi connectivity index (χ3n) is 2.40. The maximum absolute atomic E-state index is 10.7. The van der Waals surface area contributed by atoms with Crippen LogP contribution in [0.25, 0.3) is 0 Å². The van der Waals surface area contributed by atoms with Crippen molar-refractivity contribution < 1.29 is 37.8 Å². The topological polar surface area (TPSA) is 137 Å². The van der Waals surface area contributed by atoms with Gasteiger partial charge in [0, 0.05) is 13.0 Å². The normalized spacial score (nSPS) is 13.4. The fraction of sp³-hybridized carbons (Fsp3) is 1.00. The zero-order valence-electron chi connectivity index (χ0n) is 11.6. The molecule has 0 aromatic rings. The number of hydrogen-bond acceptors (Lipinski definition) is 5. The molecule has 0 fully saturated rings. The third-order valence-corrected chi connectivity index (χ3v) is 3.42. The maximum Gasteiger partial charge on any atom is 0.471 e. The van der Waals surface area contributed by atoms with Gasteiger partial charge >= 0.3 is 15.6 Å². The summed E-state index contributed by atoms with van der Waals surface area (Å²) in [5.74, 6) is 0. The summed E-state index contributed by atoms with van der Waals surface area (Å²) < 4.78 is 29.8. The highest BCUT2D eigenvalue weighted by molar-refractivity contribution is 7.47. The van der Waals surface area contributed by atoms with Crippen molar-refractivity contribution in [3.8, 4) is 0 Å². The van der Waals surface area contributed by atoms with E-state index in [4.69, 9.17) is 19.6 Å². The van der Waals surface area contributed by atoms with Gasteiger partial charge in [-0.3, -0.25) is 9.05 Å². The Morgan fingerprint density at radius 1 is 1.00 bits per heavy atom. The van der Waals surface area contributed by atoms with Crippen LogP contribution in [0.1, 0.15) is 32.6 Å². The molecule has 9 nitrogen and oxygen atoms in total. The minimum Gasteiger partial charge on any atom is -0.306 e. The molecule has 0 saturated heterocycles. The van der Waals surface area contributed by atoms with Gasteiger partial charge < -0.3 is 24.5 Å². The van der Waals surface area contributed by atoms with Crippen LogP contribution in [0, 0.1) is 0 Å². The SMILES string of the molecule is CCCCCN(C)CCC(OP(=O)(O)O)OP(=O)(O)O. The largest absolute Gasteiger partial charge is 0.471 e. The molecule has 0 rings (SSSR count). The van der Waals surface area contributed by atoms with Crippen molar-refractivity contribution in [3.63, 3.8) is 0 Å². The van der Waals surface area contributed by atoms with Crippen LogP contribution in [0.5, 0.6) is 0 Å². The van der Waals surface area contributed by atoms with Gasteiger partial charge in [0.15, 0.2) is 6.29 Å². The van der Waals surface area contributed by atoms with E-state index in [-0.39, 0.29) is 6.42 Å². The summed E-state index contributed by atoms with van der Waals surface area (Å²) >= 11 is 0. The lowest BCUT2D eigenvalue weighted by Crippen LogP contribution is -2.26. The average Bonchev–Trinajstić information content (AvgIpc) is 2.22. The first-order valence-corrected chi connectivity index (χ1v) is 9.26. The standard InChI is InChI=1S/C9H23NO8P2/c1-3-4-5-7-10(2)8-6-9(17-19(11,12)13)18-20(14,15)16/h9H,3-8H2,1-2H3,(H2,11,12,13)(H2,14,15,16). The highest BCUT2D eigenvalue weighted by Crippen LogP contribution is 2.44. The molecule has 4 N–H and O–H groups in total. The zero-order valence-corrected chi connectivity index (χ0v) is 13.4. The average molecular weight is 335 g/mol. The van der Waals surface area contributed by atoms with Crippen molar-refractivity contribution in [2.45, 2.75) is 38.9 Å². The van der Waals surface area contributed by atoms with Gasteiger partial charge in [-0.2, -0.15) is 0 Å². The highest BCUT2D eigenvalue weighted by atomic mass is 31.2. The van der Waals surface area contributed by atoms with Gasteiger partial charge in [-0.15, -0.1) is 0 Å². The van der Waals surface area contributed by atoms with Gasteiger partial charge in [0.25, 0.3) is 0 Å². The highest BCUT2D eigenvalue weighted by Gasteiger charge is 2.29. The van der Waals surface area contributed by atoms with Crippen molar-refractivity contribution in [3.05, 3.63) is 0 Å². The summed E-state index contributed by atoms with van der Waals surface area (Å²) in [6, 6.07) is 0. The second kappa shape index (κ2) is 9.25. The van der Waals surface area contributed by atoms with Crippen molar-refractivity contribution >= 4 is 15.6 Å². The monoisotopic (exact) mass is 335 g/mol. The number of phosphoric acid groups is 2. The van der Waals surface area contributed by atoms with Crippen LogP contribution in [0.15, 0.2) is 0 Å². The molecule has 0 radical (unpaired) electrons. The summed E-state index contributed by atoms with van der Waals surface area (Å²) in [5, 5.41) is 0. The van der Waals surface area contributed by atoms with Gasteiger partial charge in [-0.25, -0.2) is 9.13 Å². The smallest absolute Gasteiger partial charge is 0.306 e. The molecule has 0 aliphatic carbocycles. The summed E-state index contributed by atoms with van der Waals surface area (Å²) in [6.07, 6.45) is 1.37. The molecule has 0 amide bonds. The van der Waals surface area contributed by atoms with Crippen molar-refractivity contribution in [2.24, 2.45) is 0 Å². The van der Waals surface area contributed by atoms with Crippen LogP contribution in [-0.2, 0) is 18.2 Å². The van der Waals surface area contributed by atoms with Crippen LogP contribution >= 0.6 is 15.6 Å². The number of rotatable bonds is 11. The van der Waals surface area contributed by atoms with E-state index in [9.17, 15) is 9.13 Å². The third kappa shape index (κ3) is 13.2. The fourth-order valence-corrected chi connectivity index (χ4v) is 2.48. The molecular formula is C9H23NO8P2. The van der Waals surface area contributed by atoms with E-state index < -0.39 is 21.9 Å². The molecule has 0 atom stereocenters. The zero-order chi connectivity index (χ0) is 15.8. The number of unbranched alkanes of at least 4 members (excludes halogenated alkanes) is 2. The van der Waals surface area contributed by atoms with Gasteiger partial charge in [-0.1, -0.05) is 19.8 Å². The van der Waals surface area contributed by atoms with Gasteiger partial charge in [0.05, 0.1) is 0 Å². The van der Waals surface area contributed by atoms with E-state index in [2.05, 4.69) is 16.0 Å². The fourth-order valence-electron chi connectivity index (χ4n) is 1.50. The number of phosphoric ester groups is 2. The lowest BCUT2D eigenvalue weighted by Gasteiger charge is -2.22. The summed E-state index contributed by atoms with van der Waals surface area (Å²) in [6.45, 7) is 3.17. The number of nitrogens with zero attached hydrogens (tertiary/aromatic N) is 1. The van der Waals surface area contributed by atoms with Gasteiger partial charge in [0.2, 0.25) is 0 Å². The number of hydrogen-bond donors (Lipinski definition) is 4. The second-order valence-corrected chi connectivity index (χ2v) is 6.80. The van der Waals surface area contributed by atoms with Crippen LogP contribution in [0.2, 0.25) is 0 Å². The van der Waals surface area contributed by atoms with Crippen LogP contribution < -0.4 is 0 Å². The molecule has 0 saturated carbocycles. The Hall–Kier alpha value is 0.180. The van der Waals surface area contributed by atoms with E-state index >= 15 is 0 Å². The van der Waals surface area contributed by atoms with Crippen molar-refractivity contribution in [1.29, 1.82) is 0 Å². The van der Waals surface area contributed by atoms with Crippen LogP contribution in [-0.4, -0.2) is 50.9 Å². The molecule has 0 spiro atoms. The Balaban J connectivity index is 4.28. The van der Waals surface area contributed by atoms with E-state index in [0.717, 1.165) is 25.8 Å². The summed E-state index contributed by atoms with van der Waals surface area (Å²) in [5.41, 5.74) is 0. The Morgan fingerprint density at radius 3 is 1.90 bits per heavy atom. The molecule has 0 unspecified atom stereocenters. The maximum atomic E-state index is 10.7. The van der Waals surface area contributed by atoms with Gasteiger partial charge in [0.1, 0.15) is 0 Å². The first-order chi connectivity index (χ1) is 9.03. The summed E-state index contributed by atoms with van der Waals surface area (Å²) in [7, 11) is -7.97. The van der Waals surface area contributed by atoms with Gasteiger partial charge in [-0.05, 0) is 20.0 Å². The Morgan fingerprint density at radius 2 is 1.50 bits per heavy atom. The lowest BCUT2D eigenvalue weighted by atomic mass is 10.2. The molecule has 0 aliphatic rings. The van der Waals surface area contributed by atoms with Crippen LogP contribution in [0.3, 0.4) is 0 Å². The molecular weight excluding hydrogens is 312 g/mol. The molecule has 122 valence electrons.